The summed E-state index contributed by atoms with van der Waals surface area (Å²) in [7, 11) is 1.83. The SMILES string of the molecule is Cc1ccc(C)n1-c1c(C(=O)N[C@@H]2CCC[C@@H](C(N)=O)C2)cnn1C. The van der Waals surface area contributed by atoms with Crippen molar-refractivity contribution in [1.29, 1.82) is 0 Å². The molecule has 1 saturated carbocycles. The third kappa shape index (κ3) is 3.31. The fraction of sp³-hybridized carbons (Fsp3) is 0.500. The molecule has 1 aliphatic carbocycles. The first-order valence-corrected chi connectivity index (χ1v) is 8.66. The van der Waals surface area contributed by atoms with E-state index in [4.69, 9.17) is 5.73 Å². The number of nitrogens with one attached hydrogen (secondary N) is 1. The summed E-state index contributed by atoms with van der Waals surface area (Å²) in [6.45, 7) is 4.00. The van der Waals surface area contributed by atoms with Crippen LogP contribution in [0, 0.1) is 19.8 Å². The van der Waals surface area contributed by atoms with Gasteiger partial charge in [-0.05, 0) is 45.2 Å². The first-order valence-electron chi connectivity index (χ1n) is 8.66. The Bertz CT molecular complexity index is 785. The minimum absolute atomic E-state index is 0.0290. The zero-order chi connectivity index (χ0) is 18.1. The monoisotopic (exact) mass is 343 g/mol. The van der Waals surface area contributed by atoms with Crippen LogP contribution in [0.1, 0.15) is 47.4 Å². The third-order valence-electron chi connectivity index (χ3n) is 5.05. The fourth-order valence-electron chi connectivity index (χ4n) is 3.70. The number of aryl methyl sites for hydroxylation is 3. The van der Waals surface area contributed by atoms with Gasteiger partial charge in [0.2, 0.25) is 5.91 Å². The van der Waals surface area contributed by atoms with Crippen molar-refractivity contribution in [3.63, 3.8) is 0 Å². The Morgan fingerprint density at radius 1 is 1.24 bits per heavy atom. The number of nitrogens with zero attached hydrogens (tertiary/aromatic N) is 3. The lowest BCUT2D eigenvalue weighted by Gasteiger charge is -2.28. The molecule has 2 aromatic heterocycles. The molecular formula is C18H25N5O2. The molecule has 7 heteroatoms. The average molecular weight is 343 g/mol. The van der Waals surface area contributed by atoms with Crippen molar-refractivity contribution < 1.29 is 9.59 Å². The van der Waals surface area contributed by atoms with Gasteiger partial charge in [0.15, 0.2) is 0 Å². The molecule has 0 saturated heterocycles. The van der Waals surface area contributed by atoms with Gasteiger partial charge in [0.25, 0.3) is 5.91 Å². The van der Waals surface area contributed by atoms with E-state index in [9.17, 15) is 9.59 Å². The minimum atomic E-state index is -0.278. The lowest BCUT2D eigenvalue weighted by atomic mass is 9.85. The first-order chi connectivity index (χ1) is 11.9. The zero-order valence-electron chi connectivity index (χ0n) is 15.0. The summed E-state index contributed by atoms with van der Waals surface area (Å²) in [6, 6.07) is 4.00. The van der Waals surface area contributed by atoms with E-state index in [1.165, 1.54) is 0 Å². The summed E-state index contributed by atoms with van der Waals surface area (Å²) in [5, 5.41) is 7.33. The smallest absolute Gasteiger partial charge is 0.256 e. The van der Waals surface area contributed by atoms with Crippen molar-refractivity contribution in [3.8, 4) is 5.82 Å². The number of nitrogens with two attached hydrogens (primary N) is 1. The number of carbonyl (C=O) groups is 2. The van der Waals surface area contributed by atoms with Crippen molar-refractivity contribution in [1.82, 2.24) is 19.7 Å². The van der Waals surface area contributed by atoms with Crippen LogP contribution >= 0.6 is 0 Å². The summed E-state index contributed by atoms with van der Waals surface area (Å²) in [4.78, 5) is 24.3. The topological polar surface area (TPSA) is 94.9 Å². The molecule has 7 nitrogen and oxygen atoms in total. The van der Waals surface area contributed by atoms with Gasteiger partial charge in [-0.2, -0.15) is 5.10 Å². The summed E-state index contributed by atoms with van der Waals surface area (Å²) in [5.41, 5.74) is 8.05. The Morgan fingerprint density at radius 2 is 1.92 bits per heavy atom. The Kier molecular flexibility index (Phi) is 4.65. The van der Waals surface area contributed by atoms with Crippen molar-refractivity contribution in [3.05, 3.63) is 35.3 Å². The normalized spacial score (nSPS) is 20.4. The van der Waals surface area contributed by atoms with Crippen LogP contribution in [-0.4, -0.2) is 32.2 Å². The Morgan fingerprint density at radius 3 is 2.56 bits per heavy atom. The standard InChI is InChI=1S/C18H25N5O2/c1-11-7-8-12(2)23(11)18-15(10-20-22(18)3)17(25)21-14-6-4-5-13(9-14)16(19)24/h7-8,10,13-14H,4-6,9H2,1-3H3,(H2,19,24)(H,21,25)/t13-,14-/m1/s1. The molecule has 3 rings (SSSR count). The largest absolute Gasteiger partial charge is 0.369 e. The first kappa shape index (κ1) is 17.3. The lowest BCUT2D eigenvalue weighted by Crippen LogP contribution is -2.41. The van der Waals surface area contributed by atoms with E-state index >= 15 is 0 Å². The Hall–Kier alpha value is -2.57. The molecule has 134 valence electrons. The number of amides is 2. The van der Waals surface area contributed by atoms with E-state index in [0.29, 0.717) is 12.0 Å². The fourth-order valence-corrected chi connectivity index (χ4v) is 3.70. The van der Waals surface area contributed by atoms with Gasteiger partial charge in [-0.15, -0.1) is 0 Å². The Labute approximate surface area is 147 Å². The molecule has 0 bridgehead atoms. The van der Waals surface area contributed by atoms with Gasteiger partial charge < -0.3 is 15.6 Å². The quantitative estimate of drug-likeness (QED) is 0.883. The molecule has 1 fully saturated rings. The highest BCUT2D eigenvalue weighted by atomic mass is 16.2. The molecule has 0 aliphatic heterocycles. The Balaban J connectivity index is 1.83. The number of carbonyl (C=O) groups excluding carboxylic acids is 2. The summed E-state index contributed by atoms with van der Waals surface area (Å²) < 4.78 is 3.73. The minimum Gasteiger partial charge on any atom is -0.369 e. The van der Waals surface area contributed by atoms with Gasteiger partial charge in [0.1, 0.15) is 11.4 Å². The molecule has 3 N–H and O–H groups in total. The molecular weight excluding hydrogens is 318 g/mol. The van der Waals surface area contributed by atoms with Gasteiger partial charge in [0, 0.05) is 30.4 Å². The van der Waals surface area contributed by atoms with Crippen molar-refractivity contribution >= 4 is 11.8 Å². The van der Waals surface area contributed by atoms with Crippen LogP contribution in [0.3, 0.4) is 0 Å². The lowest BCUT2D eigenvalue weighted by molar-refractivity contribution is -0.122. The van der Waals surface area contributed by atoms with Crippen LogP contribution in [0.4, 0.5) is 0 Å². The predicted octanol–water partition coefficient (Wildman–Crippen LogP) is 1.60. The third-order valence-corrected chi connectivity index (χ3v) is 5.05. The number of hydrogen-bond donors (Lipinski definition) is 2. The zero-order valence-corrected chi connectivity index (χ0v) is 15.0. The van der Waals surface area contributed by atoms with Gasteiger partial charge in [-0.1, -0.05) is 6.42 Å². The van der Waals surface area contributed by atoms with Crippen LogP contribution in [0.5, 0.6) is 0 Å². The van der Waals surface area contributed by atoms with E-state index in [1.54, 1.807) is 10.9 Å². The van der Waals surface area contributed by atoms with Crippen LogP contribution in [0.25, 0.3) is 5.82 Å². The van der Waals surface area contributed by atoms with E-state index in [1.807, 2.05) is 37.6 Å². The number of aromatic nitrogens is 3. The number of rotatable bonds is 4. The molecule has 2 heterocycles. The maximum atomic E-state index is 12.8. The average Bonchev–Trinajstić information content (AvgIpc) is 3.10. The second-order valence-corrected chi connectivity index (χ2v) is 6.89. The molecule has 25 heavy (non-hydrogen) atoms. The van der Waals surface area contributed by atoms with Crippen molar-refractivity contribution in [2.45, 2.75) is 45.6 Å². The molecule has 0 unspecified atom stereocenters. The molecule has 2 amide bonds. The molecule has 2 atom stereocenters. The summed E-state index contributed by atoms with van der Waals surface area (Å²) in [6.07, 6.45) is 4.78. The maximum Gasteiger partial charge on any atom is 0.256 e. The van der Waals surface area contributed by atoms with E-state index in [-0.39, 0.29) is 23.8 Å². The predicted molar refractivity (Wildman–Crippen MR) is 94.4 cm³/mol. The van der Waals surface area contributed by atoms with Crippen molar-refractivity contribution in [2.24, 2.45) is 18.7 Å². The van der Waals surface area contributed by atoms with Crippen LogP contribution in [0.15, 0.2) is 18.3 Å². The maximum absolute atomic E-state index is 12.8. The number of hydrogen-bond acceptors (Lipinski definition) is 3. The van der Waals surface area contributed by atoms with Crippen LogP contribution < -0.4 is 11.1 Å². The van der Waals surface area contributed by atoms with Crippen LogP contribution in [0.2, 0.25) is 0 Å². The molecule has 0 aromatic carbocycles. The highest BCUT2D eigenvalue weighted by Gasteiger charge is 2.28. The van der Waals surface area contributed by atoms with Gasteiger partial charge in [-0.25, -0.2) is 0 Å². The van der Waals surface area contributed by atoms with Gasteiger partial charge >= 0.3 is 0 Å². The molecule has 2 aromatic rings. The van der Waals surface area contributed by atoms with Crippen LogP contribution in [-0.2, 0) is 11.8 Å². The highest BCUT2D eigenvalue weighted by Crippen LogP contribution is 2.25. The second kappa shape index (κ2) is 6.74. The van der Waals surface area contributed by atoms with Gasteiger partial charge in [-0.3, -0.25) is 14.3 Å². The van der Waals surface area contributed by atoms with E-state index in [0.717, 1.165) is 36.5 Å². The van der Waals surface area contributed by atoms with E-state index in [2.05, 4.69) is 10.4 Å². The van der Waals surface area contributed by atoms with E-state index < -0.39 is 0 Å². The summed E-state index contributed by atoms with van der Waals surface area (Å²) >= 11 is 0. The second-order valence-electron chi connectivity index (χ2n) is 6.89. The number of primary amides is 1. The molecule has 1 aliphatic rings. The highest BCUT2D eigenvalue weighted by molar-refractivity contribution is 5.97. The van der Waals surface area contributed by atoms with Crippen molar-refractivity contribution in [2.75, 3.05) is 0 Å². The molecule has 0 spiro atoms. The molecule has 0 radical (unpaired) electrons. The summed E-state index contributed by atoms with van der Waals surface area (Å²) in [5.74, 6) is 0.159. The van der Waals surface area contributed by atoms with Gasteiger partial charge in [0.05, 0.1) is 6.20 Å².